The summed E-state index contributed by atoms with van der Waals surface area (Å²) >= 11 is 1.36. The van der Waals surface area contributed by atoms with Gasteiger partial charge in [-0.2, -0.15) is 0 Å². The van der Waals surface area contributed by atoms with Gasteiger partial charge in [-0.1, -0.05) is 18.2 Å². The lowest BCUT2D eigenvalue weighted by molar-refractivity contribution is 0.101. The third-order valence-electron chi connectivity index (χ3n) is 3.70. The fraction of sp³-hybridized carbons (Fsp3) is 0.0500. The van der Waals surface area contributed by atoms with Crippen LogP contribution in [0.3, 0.4) is 0 Å². The van der Waals surface area contributed by atoms with E-state index in [9.17, 15) is 14.4 Å². The quantitative estimate of drug-likeness (QED) is 0.657. The molecule has 3 rings (SSSR count). The van der Waals surface area contributed by atoms with E-state index in [-0.39, 0.29) is 17.6 Å². The molecule has 0 fully saturated rings. The van der Waals surface area contributed by atoms with Crippen molar-refractivity contribution in [3.8, 4) is 0 Å². The molecule has 0 saturated heterocycles. The number of hydrogen-bond acceptors (Lipinski definition) is 4. The van der Waals surface area contributed by atoms with Gasteiger partial charge in [0.05, 0.1) is 10.6 Å². The average Bonchev–Trinajstić information content (AvgIpc) is 3.17. The first-order valence-electron chi connectivity index (χ1n) is 7.91. The second-order valence-corrected chi connectivity index (χ2v) is 6.51. The molecule has 0 aliphatic heterocycles. The van der Waals surface area contributed by atoms with Crippen LogP contribution in [0.25, 0.3) is 0 Å². The Morgan fingerprint density at radius 3 is 2.19 bits per heavy atom. The highest BCUT2D eigenvalue weighted by Crippen LogP contribution is 2.18. The minimum atomic E-state index is -0.324. The van der Waals surface area contributed by atoms with Crippen molar-refractivity contribution < 1.29 is 14.4 Å². The number of amides is 2. The highest BCUT2D eigenvalue weighted by atomic mass is 32.1. The summed E-state index contributed by atoms with van der Waals surface area (Å²) in [6, 6.07) is 17.0. The number of para-hydroxylation sites is 1. The SMILES string of the molecule is CC(=O)c1ccccc1NC(=O)c1ccc(NC(=O)c2cccs2)cc1. The number of rotatable bonds is 5. The Morgan fingerprint density at radius 2 is 1.54 bits per heavy atom. The maximum atomic E-state index is 12.4. The van der Waals surface area contributed by atoms with E-state index in [2.05, 4.69) is 10.6 Å². The fourth-order valence-corrected chi connectivity index (χ4v) is 3.02. The van der Waals surface area contributed by atoms with Crippen molar-refractivity contribution in [3.05, 3.63) is 82.0 Å². The number of carbonyl (C=O) groups is 3. The predicted octanol–water partition coefficient (Wildman–Crippen LogP) is 4.46. The number of carbonyl (C=O) groups excluding carboxylic acids is 3. The average molecular weight is 364 g/mol. The summed E-state index contributed by atoms with van der Waals surface area (Å²) in [4.78, 5) is 36.7. The molecular weight excluding hydrogens is 348 g/mol. The highest BCUT2D eigenvalue weighted by Gasteiger charge is 2.12. The molecule has 0 saturated carbocycles. The number of Topliss-reactive ketones (excluding diaryl/α,β-unsaturated/α-hetero) is 1. The molecule has 0 aliphatic carbocycles. The normalized spacial score (nSPS) is 10.2. The Morgan fingerprint density at radius 1 is 0.808 bits per heavy atom. The Balaban J connectivity index is 1.69. The first kappa shape index (κ1) is 17.6. The number of anilines is 2. The van der Waals surface area contributed by atoms with Crippen molar-refractivity contribution in [2.75, 3.05) is 10.6 Å². The second-order valence-electron chi connectivity index (χ2n) is 5.56. The number of nitrogens with one attached hydrogen (secondary N) is 2. The van der Waals surface area contributed by atoms with E-state index < -0.39 is 0 Å². The molecule has 130 valence electrons. The van der Waals surface area contributed by atoms with Gasteiger partial charge in [0.1, 0.15) is 0 Å². The van der Waals surface area contributed by atoms with E-state index in [1.165, 1.54) is 18.3 Å². The molecule has 5 nitrogen and oxygen atoms in total. The molecule has 26 heavy (non-hydrogen) atoms. The van der Waals surface area contributed by atoms with Crippen molar-refractivity contribution in [1.82, 2.24) is 0 Å². The lowest BCUT2D eigenvalue weighted by Gasteiger charge is -2.10. The first-order valence-corrected chi connectivity index (χ1v) is 8.79. The number of hydrogen-bond donors (Lipinski definition) is 2. The van der Waals surface area contributed by atoms with E-state index in [0.29, 0.717) is 27.4 Å². The van der Waals surface area contributed by atoms with Crippen molar-refractivity contribution in [2.24, 2.45) is 0 Å². The standard InChI is InChI=1S/C20H16N2O3S/c1-13(23)16-5-2-3-6-17(16)22-19(24)14-8-10-15(11-9-14)21-20(25)18-7-4-12-26-18/h2-12H,1H3,(H,21,25)(H,22,24). The fourth-order valence-electron chi connectivity index (χ4n) is 2.40. The van der Waals surface area contributed by atoms with Gasteiger partial charge >= 0.3 is 0 Å². The molecule has 2 N–H and O–H groups in total. The zero-order chi connectivity index (χ0) is 18.5. The molecule has 0 radical (unpaired) electrons. The second kappa shape index (κ2) is 7.76. The van der Waals surface area contributed by atoms with Crippen molar-refractivity contribution in [2.45, 2.75) is 6.92 Å². The summed E-state index contributed by atoms with van der Waals surface area (Å²) in [5.41, 5.74) is 1.96. The van der Waals surface area contributed by atoms with E-state index in [4.69, 9.17) is 0 Å². The maximum absolute atomic E-state index is 12.4. The van der Waals surface area contributed by atoms with Crippen LogP contribution in [0.4, 0.5) is 11.4 Å². The van der Waals surface area contributed by atoms with Gasteiger partial charge in [0.15, 0.2) is 5.78 Å². The van der Waals surface area contributed by atoms with Crippen LogP contribution in [0.5, 0.6) is 0 Å². The Labute approximate surface area is 154 Å². The minimum absolute atomic E-state index is 0.118. The lowest BCUT2D eigenvalue weighted by Crippen LogP contribution is -2.14. The third-order valence-corrected chi connectivity index (χ3v) is 4.57. The van der Waals surface area contributed by atoms with Gasteiger partial charge in [-0.25, -0.2) is 0 Å². The molecule has 2 amide bonds. The van der Waals surface area contributed by atoms with Crippen LogP contribution in [0, 0.1) is 0 Å². The van der Waals surface area contributed by atoms with E-state index >= 15 is 0 Å². The summed E-state index contributed by atoms with van der Waals surface area (Å²) in [6.07, 6.45) is 0. The van der Waals surface area contributed by atoms with Crippen LogP contribution >= 0.6 is 11.3 Å². The van der Waals surface area contributed by atoms with Crippen molar-refractivity contribution in [3.63, 3.8) is 0 Å². The number of ketones is 1. The molecule has 1 aromatic heterocycles. The predicted molar refractivity (Wildman–Crippen MR) is 103 cm³/mol. The molecule has 1 heterocycles. The third kappa shape index (κ3) is 4.04. The zero-order valence-electron chi connectivity index (χ0n) is 14.0. The Bertz CT molecular complexity index is 947. The van der Waals surface area contributed by atoms with E-state index in [0.717, 1.165) is 0 Å². The highest BCUT2D eigenvalue weighted by molar-refractivity contribution is 7.12. The van der Waals surface area contributed by atoms with Crippen LogP contribution in [-0.4, -0.2) is 17.6 Å². The van der Waals surface area contributed by atoms with Gasteiger partial charge in [-0.05, 0) is 54.8 Å². The van der Waals surface area contributed by atoms with Crippen molar-refractivity contribution in [1.29, 1.82) is 0 Å². The molecule has 3 aromatic rings. The van der Waals surface area contributed by atoms with Gasteiger partial charge in [-0.15, -0.1) is 11.3 Å². The summed E-state index contributed by atoms with van der Waals surface area (Å²) in [7, 11) is 0. The van der Waals surface area contributed by atoms with Crippen molar-refractivity contribution >= 4 is 40.3 Å². The molecule has 0 unspecified atom stereocenters. The topological polar surface area (TPSA) is 75.3 Å². The Hall–Kier alpha value is -3.25. The maximum Gasteiger partial charge on any atom is 0.265 e. The van der Waals surface area contributed by atoms with Gasteiger partial charge in [0.2, 0.25) is 0 Å². The number of benzene rings is 2. The largest absolute Gasteiger partial charge is 0.321 e. The Kier molecular flexibility index (Phi) is 5.24. The smallest absolute Gasteiger partial charge is 0.265 e. The summed E-state index contributed by atoms with van der Waals surface area (Å²) in [6.45, 7) is 1.45. The summed E-state index contributed by atoms with van der Waals surface area (Å²) < 4.78 is 0. The van der Waals surface area contributed by atoms with Crippen LogP contribution < -0.4 is 10.6 Å². The van der Waals surface area contributed by atoms with E-state index in [1.54, 1.807) is 54.6 Å². The van der Waals surface area contributed by atoms with Crippen LogP contribution in [0.2, 0.25) is 0 Å². The molecule has 0 spiro atoms. The van der Waals surface area contributed by atoms with Crippen LogP contribution in [0.15, 0.2) is 66.0 Å². The minimum Gasteiger partial charge on any atom is -0.321 e. The van der Waals surface area contributed by atoms with Crippen LogP contribution in [0.1, 0.15) is 37.3 Å². The molecular formula is C20H16N2O3S. The molecule has 0 bridgehead atoms. The van der Waals surface area contributed by atoms with E-state index in [1.807, 2.05) is 11.4 Å². The molecule has 0 aliphatic rings. The lowest BCUT2D eigenvalue weighted by atomic mass is 10.1. The van der Waals surface area contributed by atoms with Gasteiger partial charge in [0, 0.05) is 16.8 Å². The molecule has 0 atom stereocenters. The zero-order valence-corrected chi connectivity index (χ0v) is 14.8. The molecule has 6 heteroatoms. The van der Waals surface area contributed by atoms with Gasteiger partial charge < -0.3 is 10.6 Å². The molecule has 2 aromatic carbocycles. The monoisotopic (exact) mass is 364 g/mol. The summed E-state index contributed by atoms with van der Waals surface area (Å²) in [5, 5.41) is 7.36. The first-order chi connectivity index (χ1) is 12.5. The van der Waals surface area contributed by atoms with Crippen LogP contribution in [-0.2, 0) is 0 Å². The number of thiophene rings is 1. The van der Waals surface area contributed by atoms with Gasteiger partial charge in [-0.3, -0.25) is 14.4 Å². The summed E-state index contributed by atoms with van der Waals surface area (Å²) in [5.74, 6) is -0.630. The van der Waals surface area contributed by atoms with Gasteiger partial charge in [0.25, 0.3) is 11.8 Å².